The van der Waals surface area contributed by atoms with Crippen LogP contribution in [0.2, 0.25) is 10.0 Å². The minimum Gasteiger partial charge on any atom is -0.396 e. The number of aliphatic hydroxyl groups is 1. The number of benzene rings is 1. The van der Waals surface area contributed by atoms with Crippen LogP contribution in [0.3, 0.4) is 0 Å². The second kappa shape index (κ2) is 7.13. The van der Waals surface area contributed by atoms with Crippen molar-refractivity contribution in [2.24, 2.45) is 0 Å². The zero-order valence-electron chi connectivity index (χ0n) is 9.42. The normalized spacial score (nSPS) is 11.1. The SMILES string of the molecule is CCN(CCCO)Cc1ccc(Cl)cc1Cl. The van der Waals surface area contributed by atoms with E-state index in [-0.39, 0.29) is 6.61 Å². The van der Waals surface area contributed by atoms with E-state index in [0.29, 0.717) is 10.0 Å². The molecule has 2 nitrogen and oxygen atoms in total. The van der Waals surface area contributed by atoms with E-state index >= 15 is 0 Å². The van der Waals surface area contributed by atoms with Gasteiger partial charge in [0.25, 0.3) is 0 Å². The summed E-state index contributed by atoms with van der Waals surface area (Å²) in [5.41, 5.74) is 1.07. The van der Waals surface area contributed by atoms with Crippen LogP contribution in [0.4, 0.5) is 0 Å². The quantitative estimate of drug-likeness (QED) is 0.851. The first-order chi connectivity index (χ1) is 7.67. The van der Waals surface area contributed by atoms with Crippen LogP contribution >= 0.6 is 23.2 Å². The molecular formula is C12H17Cl2NO. The van der Waals surface area contributed by atoms with Gasteiger partial charge in [0.15, 0.2) is 0 Å². The van der Waals surface area contributed by atoms with E-state index in [4.69, 9.17) is 28.3 Å². The molecule has 4 heteroatoms. The zero-order valence-corrected chi connectivity index (χ0v) is 10.9. The molecule has 90 valence electrons. The molecule has 0 saturated heterocycles. The highest BCUT2D eigenvalue weighted by Crippen LogP contribution is 2.22. The van der Waals surface area contributed by atoms with E-state index in [0.717, 1.165) is 31.6 Å². The number of nitrogens with zero attached hydrogens (tertiary/aromatic N) is 1. The lowest BCUT2D eigenvalue weighted by molar-refractivity contribution is 0.225. The Morgan fingerprint density at radius 2 is 2.06 bits per heavy atom. The highest BCUT2D eigenvalue weighted by molar-refractivity contribution is 6.35. The standard InChI is InChI=1S/C12H17Cl2NO/c1-2-15(6-3-7-16)9-10-4-5-11(13)8-12(10)14/h4-5,8,16H,2-3,6-7,9H2,1H3. The van der Waals surface area contributed by atoms with Gasteiger partial charge in [-0.15, -0.1) is 0 Å². The molecule has 0 saturated carbocycles. The lowest BCUT2D eigenvalue weighted by Crippen LogP contribution is -2.24. The van der Waals surface area contributed by atoms with Crippen LogP contribution in [0, 0.1) is 0 Å². The van der Waals surface area contributed by atoms with Gasteiger partial charge >= 0.3 is 0 Å². The number of rotatable bonds is 6. The molecule has 0 unspecified atom stereocenters. The maximum atomic E-state index is 8.80. The number of hydrogen-bond acceptors (Lipinski definition) is 2. The molecule has 1 rings (SSSR count). The highest BCUT2D eigenvalue weighted by atomic mass is 35.5. The van der Waals surface area contributed by atoms with Crippen molar-refractivity contribution in [2.45, 2.75) is 19.9 Å². The van der Waals surface area contributed by atoms with Crippen molar-refractivity contribution in [2.75, 3.05) is 19.7 Å². The molecule has 1 N–H and O–H groups in total. The zero-order chi connectivity index (χ0) is 12.0. The van der Waals surface area contributed by atoms with Crippen LogP contribution in [0.15, 0.2) is 18.2 Å². The van der Waals surface area contributed by atoms with Gasteiger partial charge in [0, 0.05) is 29.7 Å². The molecule has 0 aliphatic carbocycles. The second-order valence-electron chi connectivity index (χ2n) is 3.68. The van der Waals surface area contributed by atoms with Crippen molar-refractivity contribution in [3.63, 3.8) is 0 Å². The van der Waals surface area contributed by atoms with Crippen LogP contribution < -0.4 is 0 Å². The summed E-state index contributed by atoms with van der Waals surface area (Å²) in [4.78, 5) is 2.24. The van der Waals surface area contributed by atoms with Gasteiger partial charge in [-0.1, -0.05) is 36.2 Å². The molecule has 0 aliphatic heterocycles. The second-order valence-corrected chi connectivity index (χ2v) is 4.53. The van der Waals surface area contributed by atoms with Gasteiger partial charge in [0.05, 0.1) is 0 Å². The van der Waals surface area contributed by atoms with Crippen molar-refractivity contribution < 1.29 is 5.11 Å². The largest absolute Gasteiger partial charge is 0.396 e. The third kappa shape index (κ3) is 4.30. The van der Waals surface area contributed by atoms with Crippen molar-refractivity contribution >= 4 is 23.2 Å². The summed E-state index contributed by atoms with van der Waals surface area (Å²) in [6.07, 6.45) is 0.791. The van der Waals surface area contributed by atoms with Gasteiger partial charge in [0.1, 0.15) is 0 Å². The predicted octanol–water partition coefficient (Wildman–Crippen LogP) is 3.20. The monoisotopic (exact) mass is 261 g/mol. The van der Waals surface area contributed by atoms with E-state index in [1.54, 1.807) is 6.07 Å². The molecule has 0 atom stereocenters. The molecule has 1 aromatic carbocycles. The van der Waals surface area contributed by atoms with E-state index in [1.165, 1.54) is 0 Å². The summed E-state index contributed by atoms with van der Waals surface area (Å²) in [6, 6.07) is 5.56. The first-order valence-corrected chi connectivity index (χ1v) is 6.20. The van der Waals surface area contributed by atoms with Crippen LogP contribution in [0.1, 0.15) is 18.9 Å². The maximum absolute atomic E-state index is 8.80. The van der Waals surface area contributed by atoms with Crippen LogP contribution in [0.5, 0.6) is 0 Å². The van der Waals surface area contributed by atoms with Crippen molar-refractivity contribution in [3.8, 4) is 0 Å². The molecule has 0 fully saturated rings. The van der Waals surface area contributed by atoms with Crippen LogP contribution in [-0.4, -0.2) is 29.7 Å². The summed E-state index contributed by atoms with van der Waals surface area (Å²) in [7, 11) is 0. The Morgan fingerprint density at radius 1 is 1.31 bits per heavy atom. The molecule has 1 aromatic rings. The first-order valence-electron chi connectivity index (χ1n) is 5.44. The summed E-state index contributed by atoms with van der Waals surface area (Å²) in [5, 5.41) is 10.2. The lowest BCUT2D eigenvalue weighted by atomic mass is 10.2. The third-order valence-corrected chi connectivity index (χ3v) is 3.08. The fourth-order valence-corrected chi connectivity index (χ4v) is 2.00. The fourth-order valence-electron chi connectivity index (χ4n) is 1.53. The van der Waals surface area contributed by atoms with Gasteiger partial charge in [-0.2, -0.15) is 0 Å². The number of hydrogen-bond donors (Lipinski definition) is 1. The van der Waals surface area contributed by atoms with Gasteiger partial charge in [-0.05, 0) is 30.7 Å². The maximum Gasteiger partial charge on any atom is 0.0465 e. The molecule has 0 aromatic heterocycles. The minimum atomic E-state index is 0.227. The number of aliphatic hydroxyl groups excluding tert-OH is 1. The summed E-state index contributed by atoms with van der Waals surface area (Å²) < 4.78 is 0. The molecule has 0 bridgehead atoms. The molecule has 16 heavy (non-hydrogen) atoms. The molecule has 0 heterocycles. The first kappa shape index (κ1) is 13.8. The van der Waals surface area contributed by atoms with Gasteiger partial charge in [-0.25, -0.2) is 0 Å². The van der Waals surface area contributed by atoms with E-state index < -0.39 is 0 Å². The van der Waals surface area contributed by atoms with Crippen molar-refractivity contribution in [1.82, 2.24) is 4.90 Å². The smallest absolute Gasteiger partial charge is 0.0465 e. The van der Waals surface area contributed by atoms with E-state index in [2.05, 4.69) is 11.8 Å². The van der Waals surface area contributed by atoms with Gasteiger partial charge < -0.3 is 5.11 Å². The topological polar surface area (TPSA) is 23.5 Å². The summed E-state index contributed by atoms with van der Waals surface area (Å²) in [6.45, 7) is 4.95. The Morgan fingerprint density at radius 3 is 2.62 bits per heavy atom. The predicted molar refractivity (Wildman–Crippen MR) is 69.1 cm³/mol. The fraction of sp³-hybridized carbons (Fsp3) is 0.500. The van der Waals surface area contributed by atoms with Crippen LogP contribution in [0.25, 0.3) is 0 Å². The van der Waals surface area contributed by atoms with E-state index in [9.17, 15) is 0 Å². The van der Waals surface area contributed by atoms with Gasteiger partial charge in [-0.3, -0.25) is 4.90 Å². The molecule has 0 radical (unpaired) electrons. The average Bonchev–Trinajstić information content (AvgIpc) is 2.27. The van der Waals surface area contributed by atoms with Crippen LogP contribution in [-0.2, 0) is 6.54 Å². The molecule has 0 amide bonds. The molecule has 0 spiro atoms. The van der Waals surface area contributed by atoms with Crippen molar-refractivity contribution in [3.05, 3.63) is 33.8 Å². The summed E-state index contributed by atoms with van der Waals surface area (Å²) in [5.74, 6) is 0. The van der Waals surface area contributed by atoms with Gasteiger partial charge in [0.2, 0.25) is 0 Å². The Kier molecular flexibility index (Phi) is 6.14. The Bertz CT molecular complexity index is 331. The molecular weight excluding hydrogens is 245 g/mol. The Balaban J connectivity index is 2.62. The Hall–Kier alpha value is -0.280. The average molecular weight is 262 g/mol. The highest BCUT2D eigenvalue weighted by Gasteiger charge is 2.06. The summed E-state index contributed by atoms with van der Waals surface area (Å²) >= 11 is 11.9. The number of halogens is 2. The third-order valence-electron chi connectivity index (χ3n) is 2.49. The van der Waals surface area contributed by atoms with E-state index in [1.807, 2.05) is 12.1 Å². The minimum absolute atomic E-state index is 0.227. The lowest BCUT2D eigenvalue weighted by Gasteiger charge is -2.20. The van der Waals surface area contributed by atoms with Crippen molar-refractivity contribution in [1.29, 1.82) is 0 Å². The Labute approximate surface area is 107 Å². The molecule has 0 aliphatic rings.